The third-order valence-electron chi connectivity index (χ3n) is 4.61. The van der Waals surface area contributed by atoms with Gasteiger partial charge >= 0.3 is 0 Å². The molecule has 1 saturated heterocycles. The van der Waals surface area contributed by atoms with Crippen molar-refractivity contribution >= 4 is 5.96 Å². The van der Waals surface area contributed by atoms with Crippen LogP contribution in [-0.4, -0.2) is 56.2 Å². The minimum atomic E-state index is -0.249. The minimum absolute atomic E-state index is 0.249. The van der Waals surface area contributed by atoms with Gasteiger partial charge in [-0.3, -0.25) is 9.89 Å². The highest BCUT2D eigenvalue weighted by molar-refractivity contribution is 5.80. The molecule has 1 aliphatic rings. The highest BCUT2D eigenvalue weighted by atomic mass is 19.1. The van der Waals surface area contributed by atoms with E-state index in [0.29, 0.717) is 30.4 Å². The molecule has 6 heteroatoms. The predicted octanol–water partition coefficient (Wildman–Crippen LogP) is 2.49. The Morgan fingerprint density at radius 3 is 2.64 bits per heavy atom. The SMILES string of the molecule is CN=C(NCCCOc1ccc(F)cc1)NC1CN(C(C)C)CC1C. The quantitative estimate of drug-likeness (QED) is 0.451. The van der Waals surface area contributed by atoms with E-state index in [1.54, 1.807) is 19.2 Å². The van der Waals surface area contributed by atoms with E-state index in [2.05, 4.69) is 41.3 Å². The average Bonchev–Trinajstić information content (AvgIpc) is 2.96. The molecule has 140 valence electrons. The second-order valence-corrected chi connectivity index (χ2v) is 6.93. The van der Waals surface area contributed by atoms with E-state index in [9.17, 15) is 4.39 Å². The number of nitrogens with one attached hydrogen (secondary N) is 2. The van der Waals surface area contributed by atoms with E-state index in [4.69, 9.17) is 4.74 Å². The Morgan fingerprint density at radius 1 is 1.32 bits per heavy atom. The number of hydrogen-bond acceptors (Lipinski definition) is 3. The molecule has 2 N–H and O–H groups in total. The van der Waals surface area contributed by atoms with E-state index < -0.39 is 0 Å². The average molecular weight is 350 g/mol. The molecule has 0 saturated carbocycles. The van der Waals surface area contributed by atoms with Crippen molar-refractivity contribution < 1.29 is 9.13 Å². The first-order valence-corrected chi connectivity index (χ1v) is 9.09. The van der Waals surface area contributed by atoms with Gasteiger partial charge in [-0.15, -0.1) is 0 Å². The van der Waals surface area contributed by atoms with Crippen molar-refractivity contribution in [1.82, 2.24) is 15.5 Å². The van der Waals surface area contributed by atoms with Crippen molar-refractivity contribution in [3.05, 3.63) is 30.1 Å². The molecule has 0 aromatic heterocycles. The zero-order valence-corrected chi connectivity index (χ0v) is 15.8. The number of likely N-dealkylation sites (tertiary alicyclic amines) is 1. The highest BCUT2D eigenvalue weighted by Gasteiger charge is 2.31. The summed E-state index contributed by atoms with van der Waals surface area (Å²) in [4.78, 5) is 6.81. The van der Waals surface area contributed by atoms with E-state index >= 15 is 0 Å². The summed E-state index contributed by atoms with van der Waals surface area (Å²) in [5, 5.41) is 6.87. The summed E-state index contributed by atoms with van der Waals surface area (Å²) in [6.07, 6.45) is 0.844. The third kappa shape index (κ3) is 6.20. The highest BCUT2D eigenvalue weighted by Crippen LogP contribution is 2.18. The molecule has 1 aromatic carbocycles. The Morgan fingerprint density at radius 2 is 2.04 bits per heavy atom. The van der Waals surface area contributed by atoms with Crippen LogP contribution in [0, 0.1) is 11.7 Å². The Bertz CT molecular complexity index is 547. The number of hydrogen-bond donors (Lipinski definition) is 2. The molecule has 1 aromatic rings. The van der Waals surface area contributed by atoms with Crippen LogP contribution < -0.4 is 15.4 Å². The van der Waals surface area contributed by atoms with Crippen LogP contribution in [0.25, 0.3) is 0 Å². The van der Waals surface area contributed by atoms with Gasteiger partial charge in [0.15, 0.2) is 5.96 Å². The molecule has 2 atom stereocenters. The summed E-state index contributed by atoms with van der Waals surface area (Å²) >= 11 is 0. The molecular formula is C19H31FN4O. The molecule has 0 spiro atoms. The molecular weight excluding hydrogens is 319 g/mol. The summed E-state index contributed by atoms with van der Waals surface area (Å²) < 4.78 is 18.4. The van der Waals surface area contributed by atoms with Gasteiger partial charge < -0.3 is 15.4 Å². The number of nitrogens with zero attached hydrogens (tertiary/aromatic N) is 2. The van der Waals surface area contributed by atoms with Crippen LogP contribution >= 0.6 is 0 Å². The lowest BCUT2D eigenvalue weighted by Crippen LogP contribution is -2.47. The first-order chi connectivity index (χ1) is 12.0. The van der Waals surface area contributed by atoms with E-state index in [0.717, 1.165) is 32.0 Å². The molecule has 5 nitrogen and oxygen atoms in total. The number of halogens is 1. The lowest BCUT2D eigenvalue weighted by Gasteiger charge is -2.22. The van der Waals surface area contributed by atoms with Gasteiger partial charge in [0, 0.05) is 38.8 Å². The van der Waals surface area contributed by atoms with Crippen molar-refractivity contribution in [3.8, 4) is 5.75 Å². The van der Waals surface area contributed by atoms with Crippen molar-refractivity contribution in [2.45, 2.75) is 39.3 Å². The summed E-state index contributed by atoms with van der Waals surface area (Å²) in [6.45, 7) is 10.3. The molecule has 1 heterocycles. The topological polar surface area (TPSA) is 48.9 Å². The van der Waals surface area contributed by atoms with E-state index in [-0.39, 0.29) is 5.82 Å². The lowest BCUT2D eigenvalue weighted by molar-refractivity contribution is 0.265. The van der Waals surface area contributed by atoms with Crippen molar-refractivity contribution in [3.63, 3.8) is 0 Å². The number of guanidine groups is 1. The summed E-state index contributed by atoms with van der Waals surface area (Å²) in [5.74, 6) is 1.88. The number of benzene rings is 1. The van der Waals surface area contributed by atoms with Crippen LogP contribution in [0.15, 0.2) is 29.3 Å². The van der Waals surface area contributed by atoms with Crippen molar-refractivity contribution in [2.24, 2.45) is 10.9 Å². The standard InChI is InChI=1S/C19H31FN4O/c1-14(2)24-12-15(3)18(13-24)23-19(21-4)22-10-5-11-25-17-8-6-16(20)7-9-17/h6-9,14-15,18H,5,10-13H2,1-4H3,(H2,21,22,23). The molecule has 25 heavy (non-hydrogen) atoms. The Kier molecular flexibility index (Phi) is 7.50. The fraction of sp³-hybridized carbons (Fsp3) is 0.632. The molecule has 1 fully saturated rings. The predicted molar refractivity (Wildman–Crippen MR) is 101 cm³/mol. The van der Waals surface area contributed by atoms with Gasteiger partial charge in [-0.05, 0) is 50.5 Å². The van der Waals surface area contributed by atoms with Crippen molar-refractivity contribution in [1.29, 1.82) is 0 Å². The second kappa shape index (κ2) is 9.61. The van der Waals surface area contributed by atoms with Crippen LogP contribution in [-0.2, 0) is 0 Å². The smallest absolute Gasteiger partial charge is 0.191 e. The Labute approximate surface area is 150 Å². The Hall–Kier alpha value is -1.82. The van der Waals surface area contributed by atoms with Crippen LogP contribution in [0.3, 0.4) is 0 Å². The molecule has 2 unspecified atom stereocenters. The first-order valence-electron chi connectivity index (χ1n) is 9.09. The minimum Gasteiger partial charge on any atom is -0.494 e. The molecule has 2 rings (SSSR count). The fourth-order valence-electron chi connectivity index (χ4n) is 2.98. The van der Waals surface area contributed by atoms with Crippen LogP contribution in [0.4, 0.5) is 4.39 Å². The van der Waals surface area contributed by atoms with Crippen LogP contribution in [0.1, 0.15) is 27.2 Å². The lowest BCUT2D eigenvalue weighted by atomic mass is 10.1. The molecule has 0 radical (unpaired) electrons. The summed E-state index contributed by atoms with van der Waals surface area (Å²) in [6, 6.07) is 7.10. The monoisotopic (exact) mass is 350 g/mol. The normalized spacial score (nSPS) is 21.6. The van der Waals surface area contributed by atoms with Gasteiger partial charge in [0.25, 0.3) is 0 Å². The zero-order chi connectivity index (χ0) is 18.2. The maximum absolute atomic E-state index is 12.8. The number of rotatable bonds is 7. The molecule has 0 bridgehead atoms. The van der Waals surface area contributed by atoms with Crippen LogP contribution in [0.5, 0.6) is 5.75 Å². The molecule has 0 aliphatic carbocycles. The Balaban J connectivity index is 1.66. The third-order valence-corrected chi connectivity index (χ3v) is 4.61. The maximum Gasteiger partial charge on any atom is 0.191 e. The van der Waals surface area contributed by atoms with E-state index in [1.165, 1.54) is 12.1 Å². The van der Waals surface area contributed by atoms with Gasteiger partial charge in [-0.1, -0.05) is 6.92 Å². The number of aliphatic imine (C=N–C) groups is 1. The molecule has 1 aliphatic heterocycles. The first kappa shape index (κ1) is 19.5. The second-order valence-electron chi connectivity index (χ2n) is 6.93. The molecule has 0 amide bonds. The van der Waals surface area contributed by atoms with Gasteiger partial charge in [0.2, 0.25) is 0 Å². The summed E-state index contributed by atoms with van der Waals surface area (Å²) in [7, 11) is 1.80. The summed E-state index contributed by atoms with van der Waals surface area (Å²) in [5.41, 5.74) is 0. The van der Waals surface area contributed by atoms with Gasteiger partial charge in [-0.2, -0.15) is 0 Å². The van der Waals surface area contributed by atoms with E-state index in [1.807, 2.05) is 0 Å². The largest absolute Gasteiger partial charge is 0.494 e. The van der Waals surface area contributed by atoms with Crippen molar-refractivity contribution in [2.75, 3.05) is 33.3 Å². The zero-order valence-electron chi connectivity index (χ0n) is 15.8. The number of ether oxygens (including phenoxy) is 1. The van der Waals surface area contributed by atoms with Gasteiger partial charge in [-0.25, -0.2) is 4.39 Å². The van der Waals surface area contributed by atoms with Gasteiger partial charge in [0.1, 0.15) is 11.6 Å². The maximum atomic E-state index is 12.8. The van der Waals surface area contributed by atoms with Crippen LogP contribution in [0.2, 0.25) is 0 Å². The fourth-order valence-corrected chi connectivity index (χ4v) is 2.98. The van der Waals surface area contributed by atoms with Gasteiger partial charge in [0.05, 0.1) is 6.61 Å².